The molecule has 1 rings (SSSR count). The summed E-state index contributed by atoms with van der Waals surface area (Å²) in [6.07, 6.45) is 9.65. The summed E-state index contributed by atoms with van der Waals surface area (Å²) in [5.41, 5.74) is 1.36. The minimum absolute atomic E-state index is 0. The molecule has 1 radical (unpaired) electrons. The first-order chi connectivity index (χ1) is 3.43. The van der Waals surface area contributed by atoms with Gasteiger partial charge in [-0.15, -0.1) is 6.42 Å². The third-order valence-electron chi connectivity index (χ3n) is 1.15. The largest absolute Gasteiger partial charge is 0.270 e. The van der Waals surface area contributed by atoms with Crippen molar-refractivity contribution in [2.24, 2.45) is 0 Å². The van der Waals surface area contributed by atoms with Crippen LogP contribution in [-0.4, -0.2) is 0 Å². The van der Waals surface area contributed by atoms with Gasteiger partial charge in [-0.2, -0.15) is 6.08 Å². The Morgan fingerprint density at radius 1 is 1.75 bits per heavy atom. The summed E-state index contributed by atoms with van der Waals surface area (Å²) in [4.78, 5) is 0. The van der Waals surface area contributed by atoms with Crippen LogP contribution in [0, 0.1) is 6.08 Å². The molecule has 1 heteroatoms. The van der Waals surface area contributed by atoms with Crippen molar-refractivity contribution in [1.82, 2.24) is 0 Å². The van der Waals surface area contributed by atoms with E-state index < -0.39 is 0 Å². The third-order valence-corrected chi connectivity index (χ3v) is 1.15. The second-order valence-corrected chi connectivity index (χ2v) is 1.66. The van der Waals surface area contributed by atoms with E-state index in [9.17, 15) is 0 Å². The molecular formula is C7H9Mn-. The van der Waals surface area contributed by atoms with Crippen LogP contribution in [0.1, 0.15) is 19.8 Å². The first kappa shape index (κ1) is 8.00. The van der Waals surface area contributed by atoms with Gasteiger partial charge >= 0.3 is 0 Å². The van der Waals surface area contributed by atoms with Gasteiger partial charge in [-0.25, -0.2) is 11.6 Å². The average molecular weight is 148 g/mol. The Labute approximate surface area is 61.1 Å². The van der Waals surface area contributed by atoms with E-state index in [1.807, 2.05) is 0 Å². The zero-order valence-corrected chi connectivity index (χ0v) is 6.13. The van der Waals surface area contributed by atoms with E-state index >= 15 is 0 Å². The van der Waals surface area contributed by atoms with Gasteiger partial charge in [-0.05, 0) is 0 Å². The van der Waals surface area contributed by atoms with Crippen molar-refractivity contribution in [1.29, 1.82) is 0 Å². The van der Waals surface area contributed by atoms with Crippen molar-refractivity contribution in [3.8, 4) is 0 Å². The Kier molecular flexibility index (Phi) is 3.94. The Morgan fingerprint density at radius 3 is 2.75 bits per heavy atom. The Balaban J connectivity index is 0.000000490. The molecule has 0 bridgehead atoms. The molecule has 0 nitrogen and oxygen atoms in total. The predicted molar refractivity (Wildman–Crippen MR) is 30.8 cm³/mol. The molecule has 0 atom stereocenters. The normalized spacial score (nSPS) is 15.4. The van der Waals surface area contributed by atoms with Crippen LogP contribution in [0.5, 0.6) is 0 Å². The molecule has 45 valence electrons. The fourth-order valence-electron chi connectivity index (χ4n) is 0.693. The summed E-state index contributed by atoms with van der Waals surface area (Å²) in [6, 6.07) is 0. The van der Waals surface area contributed by atoms with Crippen LogP contribution in [0.4, 0.5) is 0 Å². The van der Waals surface area contributed by atoms with E-state index in [1.54, 1.807) is 0 Å². The second-order valence-electron chi connectivity index (χ2n) is 1.66. The van der Waals surface area contributed by atoms with Crippen LogP contribution >= 0.6 is 0 Å². The van der Waals surface area contributed by atoms with Gasteiger partial charge in [0.15, 0.2) is 0 Å². The molecule has 0 N–H and O–H groups in total. The van der Waals surface area contributed by atoms with Gasteiger partial charge in [0.2, 0.25) is 0 Å². The molecule has 0 fully saturated rings. The van der Waals surface area contributed by atoms with Crippen LogP contribution in [-0.2, 0) is 17.1 Å². The molecule has 0 aliphatic heterocycles. The van der Waals surface area contributed by atoms with Gasteiger partial charge in [0.05, 0.1) is 0 Å². The van der Waals surface area contributed by atoms with Crippen LogP contribution < -0.4 is 0 Å². The van der Waals surface area contributed by atoms with E-state index in [0.717, 1.165) is 12.8 Å². The van der Waals surface area contributed by atoms with Gasteiger partial charge < -0.3 is 0 Å². The van der Waals surface area contributed by atoms with Gasteiger partial charge in [0.25, 0.3) is 0 Å². The molecule has 0 heterocycles. The molecule has 0 unspecified atom stereocenters. The first-order valence-electron chi connectivity index (χ1n) is 2.69. The minimum Gasteiger partial charge on any atom is -0.270 e. The van der Waals surface area contributed by atoms with Crippen molar-refractivity contribution in [2.75, 3.05) is 0 Å². The summed E-state index contributed by atoms with van der Waals surface area (Å²) in [5, 5.41) is 0. The van der Waals surface area contributed by atoms with E-state index in [4.69, 9.17) is 0 Å². The molecule has 1 aliphatic rings. The summed E-state index contributed by atoms with van der Waals surface area (Å²) >= 11 is 0. The fourth-order valence-corrected chi connectivity index (χ4v) is 0.693. The molecule has 0 spiro atoms. The summed E-state index contributed by atoms with van der Waals surface area (Å²) in [5.74, 6) is 0. The Bertz CT molecular complexity index is 112. The van der Waals surface area contributed by atoms with E-state index in [0.29, 0.717) is 0 Å². The summed E-state index contributed by atoms with van der Waals surface area (Å²) in [7, 11) is 0. The second kappa shape index (κ2) is 3.94. The minimum atomic E-state index is 0. The van der Waals surface area contributed by atoms with Gasteiger partial charge in [-0.1, -0.05) is 13.3 Å². The van der Waals surface area contributed by atoms with Gasteiger partial charge in [0.1, 0.15) is 0 Å². The number of hydrogen-bond acceptors (Lipinski definition) is 0. The monoisotopic (exact) mass is 148 g/mol. The van der Waals surface area contributed by atoms with Crippen LogP contribution in [0.3, 0.4) is 0 Å². The maximum atomic E-state index is 3.21. The molecular weight excluding hydrogens is 139 g/mol. The summed E-state index contributed by atoms with van der Waals surface area (Å²) in [6.45, 7) is 2.15. The topological polar surface area (TPSA) is 0 Å². The molecule has 0 aromatic heterocycles. The fraction of sp³-hybridized carbons (Fsp3) is 0.429. The molecule has 0 aromatic rings. The molecule has 8 heavy (non-hydrogen) atoms. The molecule has 0 aromatic carbocycles. The van der Waals surface area contributed by atoms with Crippen molar-refractivity contribution in [2.45, 2.75) is 19.8 Å². The van der Waals surface area contributed by atoms with Gasteiger partial charge in [0, 0.05) is 17.1 Å². The van der Waals surface area contributed by atoms with E-state index in [-0.39, 0.29) is 17.1 Å². The van der Waals surface area contributed by atoms with E-state index in [2.05, 4.69) is 25.2 Å². The number of rotatable bonds is 1. The van der Waals surface area contributed by atoms with Crippen LogP contribution in [0.15, 0.2) is 17.7 Å². The van der Waals surface area contributed by atoms with Crippen LogP contribution in [0.25, 0.3) is 0 Å². The Hall–Kier alpha value is -0.000519. The maximum Gasteiger partial charge on any atom is 0 e. The first-order valence-corrected chi connectivity index (χ1v) is 2.69. The van der Waals surface area contributed by atoms with Crippen molar-refractivity contribution in [3.63, 3.8) is 0 Å². The van der Waals surface area contributed by atoms with E-state index in [1.165, 1.54) is 5.57 Å². The molecule has 0 amide bonds. The predicted octanol–water partition coefficient (Wildman–Crippen LogP) is 2.08. The number of hydrogen-bond donors (Lipinski definition) is 0. The molecule has 0 saturated heterocycles. The SMILES string of the molecule is CCC1=[C-]CC=C1.[Mn]. The zero-order chi connectivity index (χ0) is 5.11. The standard InChI is InChI=1S/C7H9.Mn/c1-2-7-5-3-4-6-7;/h3,5H,2,4H2,1H3;/q-1;. The number of allylic oxidation sites excluding steroid dienone is 4. The average Bonchev–Trinajstić information content (AvgIpc) is 2.14. The van der Waals surface area contributed by atoms with Crippen molar-refractivity contribution >= 4 is 0 Å². The van der Waals surface area contributed by atoms with Crippen LogP contribution in [0.2, 0.25) is 0 Å². The smallest absolute Gasteiger partial charge is 0 e. The van der Waals surface area contributed by atoms with Crippen molar-refractivity contribution < 1.29 is 17.1 Å². The third kappa shape index (κ3) is 1.85. The quantitative estimate of drug-likeness (QED) is 0.394. The summed E-state index contributed by atoms with van der Waals surface area (Å²) < 4.78 is 0. The maximum absolute atomic E-state index is 3.21. The van der Waals surface area contributed by atoms with Gasteiger partial charge in [-0.3, -0.25) is 6.08 Å². The Morgan fingerprint density at radius 2 is 2.50 bits per heavy atom. The molecule has 1 aliphatic carbocycles. The molecule has 0 saturated carbocycles. The van der Waals surface area contributed by atoms with Crippen molar-refractivity contribution in [3.05, 3.63) is 23.8 Å². The zero-order valence-electron chi connectivity index (χ0n) is 4.95.